The monoisotopic (exact) mass is 343 g/mol. The first kappa shape index (κ1) is 18.4. The minimum Gasteiger partial charge on any atom is -0.351 e. The molecule has 1 aromatic rings. The zero-order valence-electron chi connectivity index (χ0n) is 15.9. The fourth-order valence-electron chi connectivity index (χ4n) is 4.16. The van der Waals surface area contributed by atoms with Crippen molar-refractivity contribution < 1.29 is 4.79 Å². The molecule has 138 valence electrons. The summed E-state index contributed by atoms with van der Waals surface area (Å²) >= 11 is 0. The van der Waals surface area contributed by atoms with Crippen molar-refractivity contribution in [3.8, 4) is 0 Å². The molecule has 2 N–H and O–H groups in total. The van der Waals surface area contributed by atoms with E-state index in [1.54, 1.807) is 0 Å². The van der Waals surface area contributed by atoms with Gasteiger partial charge in [0.15, 0.2) is 0 Å². The highest BCUT2D eigenvalue weighted by atomic mass is 16.2. The van der Waals surface area contributed by atoms with Gasteiger partial charge in [0.2, 0.25) is 5.91 Å². The molecule has 1 saturated carbocycles. The van der Waals surface area contributed by atoms with Crippen molar-refractivity contribution in [2.75, 3.05) is 7.05 Å². The number of amides is 1. The predicted molar refractivity (Wildman–Crippen MR) is 102 cm³/mol. The fraction of sp³-hybridized carbons (Fsp3) is 0.667. The number of nitrogens with zero attached hydrogens (tertiary/aromatic N) is 1. The van der Waals surface area contributed by atoms with Crippen molar-refractivity contribution in [3.05, 3.63) is 35.4 Å². The third-order valence-electron chi connectivity index (χ3n) is 6.05. The van der Waals surface area contributed by atoms with Gasteiger partial charge in [0.05, 0.1) is 6.04 Å². The number of hydrogen-bond acceptors (Lipinski definition) is 3. The molecule has 3 unspecified atom stereocenters. The van der Waals surface area contributed by atoms with Gasteiger partial charge in [0, 0.05) is 25.2 Å². The average molecular weight is 344 g/mol. The maximum absolute atomic E-state index is 12.6. The predicted octanol–water partition coefficient (Wildman–Crippen LogP) is 3.06. The Morgan fingerprint density at radius 3 is 2.68 bits per heavy atom. The van der Waals surface area contributed by atoms with Gasteiger partial charge in [-0.3, -0.25) is 9.69 Å². The topological polar surface area (TPSA) is 44.4 Å². The second-order valence-electron chi connectivity index (χ2n) is 8.10. The normalized spacial score (nSPS) is 26.0. The molecule has 2 aliphatic rings. The molecule has 1 heterocycles. The summed E-state index contributed by atoms with van der Waals surface area (Å²) in [6.07, 6.45) is 6.16. The zero-order valence-corrected chi connectivity index (χ0v) is 15.9. The van der Waals surface area contributed by atoms with Crippen LogP contribution in [0.2, 0.25) is 0 Å². The van der Waals surface area contributed by atoms with Gasteiger partial charge in [0.25, 0.3) is 0 Å². The van der Waals surface area contributed by atoms with E-state index < -0.39 is 0 Å². The van der Waals surface area contributed by atoms with E-state index in [2.05, 4.69) is 60.7 Å². The summed E-state index contributed by atoms with van der Waals surface area (Å²) in [6, 6.07) is 9.51. The highest BCUT2D eigenvalue weighted by molar-refractivity contribution is 5.82. The summed E-state index contributed by atoms with van der Waals surface area (Å²) in [5.74, 6) is 0.873. The Kier molecular flexibility index (Phi) is 6.13. The molecule has 0 aromatic heterocycles. The summed E-state index contributed by atoms with van der Waals surface area (Å²) in [5.41, 5.74) is 2.52. The lowest BCUT2D eigenvalue weighted by Gasteiger charge is -2.24. The van der Waals surface area contributed by atoms with E-state index in [4.69, 9.17) is 0 Å². The molecule has 4 heteroatoms. The highest BCUT2D eigenvalue weighted by Crippen LogP contribution is 2.33. The number of nitrogens with one attached hydrogen (secondary N) is 2. The molecule has 0 radical (unpaired) electrons. The average Bonchev–Trinajstić information content (AvgIpc) is 3.05. The first-order chi connectivity index (χ1) is 12.0. The van der Waals surface area contributed by atoms with Crippen LogP contribution in [0.4, 0.5) is 0 Å². The minimum absolute atomic E-state index is 0.00130. The maximum atomic E-state index is 12.6. The molecule has 1 aliphatic heterocycles. The first-order valence-corrected chi connectivity index (χ1v) is 9.85. The Labute approximate surface area is 152 Å². The molecule has 1 saturated heterocycles. The SMILES string of the molecule is CC(C)N(C)Cc1ccccc1CNC(=O)C1CC2CCCCC2N1. The van der Waals surface area contributed by atoms with Crippen LogP contribution in [0, 0.1) is 5.92 Å². The van der Waals surface area contributed by atoms with Crippen LogP contribution >= 0.6 is 0 Å². The lowest BCUT2D eigenvalue weighted by molar-refractivity contribution is -0.123. The summed E-state index contributed by atoms with van der Waals surface area (Å²) in [7, 11) is 2.14. The van der Waals surface area contributed by atoms with E-state index in [0.717, 1.165) is 13.0 Å². The van der Waals surface area contributed by atoms with Crippen LogP contribution in [0.15, 0.2) is 24.3 Å². The number of hydrogen-bond donors (Lipinski definition) is 2. The van der Waals surface area contributed by atoms with Crippen molar-refractivity contribution in [1.82, 2.24) is 15.5 Å². The van der Waals surface area contributed by atoms with Crippen LogP contribution < -0.4 is 10.6 Å². The first-order valence-electron chi connectivity index (χ1n) is 9.85. The van der Waals surface area contributed by atoms with Crippen molar-refractivity contribution in [2.24, 2.45) is 5.92 Å². The van der Waals surface area contributed by atoms with Crippen LogP contribution in [-0.2, 0) is 17.9 Å². The molecule has 3 atom stereocenters. The van der Waals surface area contributed by atoms with Gasteiger partial charge in [-0.05, 0) is 57.2 Å². The summed E-state index contributed by atoms with van der Waals surface area (Å²) in [6.45, 7) is 5.94. The quantitative estimate of drug-likeness (QED) is 0.834. The Balaban J connectivity index is 1.55. The number of rotatable bonds is 6. The van der Waals surface area contributed by atoms with Gasteiger partial charge in [-0.2, -0.15) is 0 Å². The van der Waals surface area contributed by atoms with Gasteiger partial charge in [0.1, 0.15) is 0 Å². The third-order valence-corrected chi connectivity index (χ3v) is 6.05. The zero-order chi connectivity index (χ0) is 17.8. The molecule has 3 rings (SSSR count). The highest BCUT2D eigenvalue weighted by Gasteiger charge is 2.38. The summed E-state index contributed by atoms with van der Waals surface area (Å²) in [5, 5.41) is 6.74. The molecular formula is C21H33N3O. The van der Waals surface area contributed by atoms with E-state index in [0.29, 0.717) is 24.5 Å². The van der Waals surface area contributed by atoms with Gasteiger partial charge < -0.3 is 10.6 Å². The van der Waals surface area contributed by atoms with Crippen molar-refractivity contribution in [3.63, 3.8) is 0 Å². The Bertz CT molecular complexity index is 572. The Morgan fingerprint density at radius 1 is 1.24 bits per heavy atom. The van der Waals surface area contributed by atoms with E-state index in [1.165, 1.54) is 36.8 Å². The lowest BCUT2D eigenvalue weighted by atomic mass is 9.85. The van der Waals surface area contributed by atoms with Crippen LogP contribution in [0.5, 0.6) is 0 Å². The summed E-state index contributed by atoms with van der Waals surface area (Å²) < 4.78 is 0. The number of fused-ring (bicyclic) bond motifs is 1. The van der Waals surface area contributed by atoms with Crippen molar-refractivity contribution in [1.29, 1.82) is 0 Å². The van der Waals surface area contributed by atoms with E-state index in [-0.39, 0.29) is 11.9 Å². The number of carbonyl (C=O) groups excluding carboxylic acids is 1. The van der Waals surface area contributed by atoms with Gasteiger partial charge in [-0.1, -0.05) is 37.1 Å². The molecule has 4 nitrogen and oxygen atoms in total. The van der Waals surface area contributed by atoms with Crippen LogP contribution in [0.25, 0.3) is 0 Å². The van der Waals surface area contributed by atoms with E-state index in [1.807, 2.05) is 0 Å². The Morgan fingerprint density at radius 2 is 1.96 bits per heavy atom. The lowest BCUT2D eigenvalue weighted by Crippen LogP contribution is -2.43. The Hall–Kier alpha value is -1.39. The molecule has 1 aromatic carbocycles. The maximum Gasteiger partial charge on any atom is 0.237 e. The van der Waals surface area contributed by atoms with Crippen LogP contribution in [0.1, 0.15) is 57.1 Å². The molecule has 1 aliphatic carbocycles. The number of benzene rings is 1. The largest absolute Gasteiger partial charge is 0.351 e. The van der Waals surface area contributed by atoms with E-state index in [9.17, 15) is 4.79 Å². The molecule has 25 heavy (non-hydrogen) atoms. The molecule has 1 amide bonds. The molecule has 0 spiro atoms. The summed E-state index contributed by atoms with van der Waals surface area (Å²) in [4.78, 5) is 14.9. The third kappa shape index (κ3) is 4.62. The molecule has 0 bridgehead atoms. The van der Waals surface area contributed by atoms with Gasteiger partial charge in [-0.25, -0.2) is 0 Å². The van der Waals surface area contributed by atoms with Crippen LogP contribution in [0.3, 0.4) is 0 Å². The van der Waals surface area contributed by atoms with Crippen molar-refractivity contribution in [2.45, 2.75) is 77.2 Å². The van der Waals surface area contributed by atoms with Crippen LogP contribution in [-0.4, -0.2) is 36.0 Å². The van der Waals surface area contributed by atoms with Gasteiger partial charge in [-0.15, -0.1) is 0 Å². The minimum atomic E-state index is -0.00130. The van der Waals surface area contributed by atoms with E-state index >= 15 is 0 Å². The molecule has 2 fully saturated rings. The van der Waals surface area contributed by atoms with Crippen molar-refractivity contribution >= 4 is 5.91 Å². The fourth-order valence-corrected chi connectivity index (χ4v) is 4.16. The second-order valence-corrected chi connectivity index (χ2v) is 8.10. The van der Waals surface area contributed by atoms with Gasteiger partial charge >= 0.3 is 0 Å². The smallest absolute Gasteiger partial charge is 0.237 e. The number of carbonyl (C=O) groups is 1. The molecular weight excluding hydrogens is 310 g/mol. The second kappa shape index (κ2) is 8.33. The standard InChI is InChI=1S/C21H33N3O/c1-15(2)24(3)14-18-10-5-4-9-17(18)13-22-21(25)20-12-16-8-6-7-11-19(16)23-20/h4-5,9-10,15-16,19-20,23H,6-8,11-14H2,1-3H3,(H,22,25).